The van der Waals surface area contributed by atoms with E-state index in [0.29, 0.717) is 6.04 Å². The predicted octanol–water partition coefficient (Wildman–Crippen LogP) is 5.14. The summed E-state index contributed by atoms with van der Waals surface area (Å²) in [6.45, 7) is 9.05. The highest BCUT2D eigenvalue weighted by Gasteiger charge is 2.15. The van der Waals surface area contributed by atoms with Gasteiger partial charge in [0, 0.05) is 29.3 Å². The van der Waals surface area contributed by atoms with Crippen LogP contribution in [0.15, 0.2) is 22.7 Å². The third-order valence-corrected chi connectivity index (χ3v) is 4.29. The fraction of sp³-hybridized carbons (Fsp3) is 0.647. The first-order chi connectivity index (χ1) is 9.63. The zero-order chi connectivity index (χ0) is 15.0. The molecule has 0 aliphatic carbocycles. The molecule has 0 amide bonds. The first-order valence-electron chi connectivity index (χ1n) is 7.85. The molecule has 114 valence electrons. The minimum atomic E-state index is 0.379. The van der Waals surface area contributed by atoms with Crippen molar-refractivity contribution in [1.29, 1.82) is 0 Å². The summed E-state index contributed by atoms with van der Waals surface area (Å²) in [7, 11) is 2.03. The summed E-state index contributed by atoms with van der Waals surface area (Å²) in [6, 6.07) is 7.04. The largest absolute Gasteiger partial charge is 0.371 e. The molecule has 3 heteroatoms. The van der Waals surface area contributed by atoms with Gasteiger partial charge in [-0.3, -0.25) is 0 Å². The van der Waals surface area contributed by atoms with Gasteiger partial charge in [0.15, 0.2) is 0 Å². The lowest BCUT2D eigenvalue weighted by atomic mass is 10.0. The molecule has 0 heterocycles. The van der Waals surface area contributed by atoms with E-state index in [4.69, 9.17) is 0 Å². The van der Waals surface area contributed by atoms with Gasteiger partial charge in [0.2, 0.25) is 0 Å². The van der Waals surface area contributed by atoms with E-state index in [2.05, 4.69) is 65.1 Å². The fourth-order valence-electron chi connectivity index (χ4n) is 2.36. The zero-order valence-corrected chi connectivity index (χ0v) is 15.0. The lowest BCUT2D eigenvalue weighted by molar-refractivity contribution is 0.635. The van der Waals surface area contributed by atoms with Crippen LogP contribution in [-0.4, -0.2) is 20.1 Å². The number of nitrogens with one attached hydrogen (secondary N) is 1. The van der Waals surface area contributed by atoms with Crippen LogP contribution in [0.3, 0.4) is 0 Å². The van der Waals surface area contributed by atoms with Crippen LogP contribution < -0.4 is 10.2 Å². The highest BCUT2D eigenvalue weighted by Crippen LogP contribution is 2.30. The Hall–Kier alpha value is -0.540. The molecular formula is C17H29BrN2. The Labute approximate surface area is 133 Å². The molecule has 0 fully saturated rings. The Balaban J connectivity index is 3.04. The number of nitrogens with zero attached hydrogens (tertiary/aromatic N) is 1. The van der Waals surface area contributed by atoms with E-state index in [1.165, 1.54) is 36.9 Å². The van der Waals surface area contributed by atoms with E-state index in [1.54, 1.807) is 0 Å². The maximum absolute atomic E-state index is 3.62. The predicted molar refractivity (Wildman–Crippen MR) is 93.6 cm³/mol. The molecule has 2 nitrogen and oxygen atoms in total. The highest BCUT2D eigenvalue weighted by atomic mass is 79.9. The van der Waals surface area contributed by atoms with Crippen molar-refractivity contribution in [1.82, 2.24) is 5.32 Å². The zero-order valence-electron chi connectivity index (χ0n) is 13.4. The van der Waals surface area contributed by atoms with Gasteiger partial charge in [0.25, 0.3) is 0 Å². The molecule has 0 bridgehead atoms. The van der Waals surface area contributed by atoms with E-state index in [0.717, 1.165) is 17.6 Å². The molecule has 20 heavy (non-hydrogen) atoms. The minimum Gasteiger partial charge on any atom is -0.371 e. The number of rotatable bonds is 9. The van der Waals surface area contributed by atoms with Crippen LogP contribution >= 0.6 is 15.9 Å². The van der Waals surface area contributed by atoms with E-state index in [-0.39, 0.29) is 0 Å². The van der Waals surface area contributed by atoms with Crippen molar-refractivity contribution in [3.8, 4) is 0 Å². The van der Waals surface area contributed by atoms with Crippen LogP contribution in [0.25, 0.3) is 0 Å². The second-order valence-electron chi connectivity index (χ2n) is 5.41. The molecule has 0 aromatic heterocycles. The summed E-state index contributed by atoms with van der Waals surface area (Å²) < 4.78 is 1.16. The summed E-state index contributed by atoms with van der Waals surface area (Å²) in [5.74, 6) is 0. The van der Waals surface area contributed by atoms with Crippen molar-refractivity contribution in [3.05, 3.63) is 28.2 Å². The molecule has 1 rings (SSSR count). The van der Waals surface area contributed by atoms with Gasteiger partial charge in [-0.15, -0.1) is 0 Å². The smallest absolute Gasteiger partial charge is 0.0425 e. The van der Waals surface area contributed by atoms with Crippen LogP contribution in [0, 0.1) is 0 Å². The molecule has 0 radical (unpaired) electrons. The van der Waals surface area contributed by atoms with Gasteiger partial charge < -0.3 is 10.2 Å². The number of unbranched alkanes of at least 4 members (excludes halogenated alkanes) is 2. The van der Waals surface area contributed by atoms with E-state index in [1.807, 2.05) is 7.05 Å². The fourth-order valence-corrected chi connectivity index (χ4v) is 2.71. The summed E-state index contributed by atoms with van der Waals surface area (Å²) >= 11 is 3.62. The molecule has 1 aromatic carbocycles. The molecule has 1 atom stereocenters. The van der Waals surface area contributed by atoms with Crippen LogP contribution in [0.5, 0.6) is 0 Å². The monoisotopic (exact) mass is 340 g/mol. The molecule has 0 saturated carbocycles. The summed E-state index contributed by atoms with van der Waals surface area (Å²) in [5.41, 5.74) is 2.77. The Morgan fingerprint density at radius 1 is 1.15 bits per heavy atom. The lowest BCUT2D eigenvalue weighted by Gasteiger charge is -2.29. The van der Waals surface area contributed by atoms with Crippen LogP contribution in [0.1, 0.15) is 58.1 Å². The Kier molecular flexibility index (Phi) is 8.24. The van der Waals surface area contributed by atoms with Crippen LogP contribution in [-0.2, 0) is 0 Å². The number of hydrogen-bond acceptors (Lipinski definition) is 2. The van der Waals surface area contributed by atoms with Crippen molar-refractivity contribution < 1.29 is 0 Å². The van der Waals surface area contributed by atoms with Gasteiger partial charge in [-0.1, -0.05) is 48.7 Å². The first-order valence-corrected chi connectivity index (χ1v) is 8.64. The average molecular weight is 341 g/mol. The lowest BCUT2D eigenvalue weighted by Crippen LogP contribution is -2.28. The molecule has 1 aromatic rings. The Bertz CT molecular complexity index is 385. The summed E-state index contributed by atoms with van der Waals surface area (Å²) in [4.78, 5) is 2.56. The van der Waals surface area contributed by atoms with Crippen molar-refractivity contribution in [2.24, 2.45) is 0 Å². The average Bonchev–Trinajstić information content (AvgIpc) is 2.46. The molecule has 0 aliphatic rings. The normalized spacial score (nSPS) is 12.4. The van der Waals surface area contributed by atoms with Gasteiger partial charge in [-0.25, -0.2) is 0 Å². The van der Waals surface area contributed by atoms with Gasteiger partial charge in [0.1, 0.15) is 0 Å². The summed E-state index contributed by atoms with van der Waals surface area (Å²) in [6.07, 6.45) is 4.99. The van der Waals surface area contributed by atoms with Gasteiger partial charge in [0.05, 0.1) is 0 Å². The minimum absolute atomic E-state index is 0.379. The maximum Gasteiger partial charge on any atom is 0.0425 e. The number of hydrogen-bond donors (Lipinski definition) is 1. The number of benzene rings is 1. The number of anilines is 1. The molecule has 0 spiro atoms. The first kappa shape index (κ1) is 17.5. The van der Waals surface area contributed by atoms with Crippen molar-refractivity contribution in [3.63, 3.8) is 0 Å². The maximum atomic E-state index is 3.62. The second kappa shape index (κ2) is 9.41. The van der Waals surface area contributed by atoms with E-state index >= 15 is 0 Å². The van der Waals surface area contributed by atoms with Crippen LogP contribution in [0.2, 0.25) is 0 Å². The summed E-state index contributed by atoms with van der Waals surface area (Å²) in [5, 5.41) is 3.37. The van der Waals surface area contributed by atoms with Crippen molar-refractivity contribution in [2.45, 2.75) is 52.5 Å². The van der Waals surface area contributed by atoms with Crippen molar-refractivity contribution >= 4 is 21.6 Å². The van der Waals surface area contributed by atoms with E-state index < -0.39 is 0 Å². The van der Waals surface area contributed by atoms with Gasteiger partial charge in [-0.2, -0.15) is 0 Å². The van der Waals surface area contributed by atoms with Crippen molar-refractivity contribution in [2.75, 3.05) is 25.0 Å². The van der Waals surface area contributed by atoms with E-state index in [9.17, 15) is 0 Å². The quantitative estimate of drug-likeness (QED) is 0.669. The molecule has 0 aliphatic heterocycles. The van der Waals surface area contributed by atoms with Gasteiger partial charge >= 0.3 is 0 Å². The third kappa shape index (κ3) is 5.10. The Morgan fingerprint density at radius 2 is 1.75 bits per heavy atom. The standard InChI is InChI=1S/C17H29BrN2/c1-5-7-11-20(12-8-6-2)17-13-15(18)9-10-16(17)14(3)19-4/h9-10,13-14,19H,5-8,11-12H2,1-4H3. The molecule has 1 unspecified atom stereocenters. The topological polar surface area (TPSA) is 15.3 Å². The van der Waals surface area contributed by atoms with Gasteiger partial charge in [-0.05, 0) is 44.5 Å². The Morgan fingerprint density at radius 3 is 2.25 bits per heavy atom. The third-order valence-electron chi connectivity index (χ3n) is 3.80. The SMILES string of the molecule is CCCCN(CCCC)c1cc(Br)ccc1C(C)NC. The molecule has 0 saturated heterocycles. The molecule has 1 N–H and O–H groups in total. The van der Waals surface area contributed by atoms with Crippen LogP contribution in [0.4, 0.5) is 5.69 Å². The highest BCUT2D eigenvalue weighted by molar-refractivity contribution is 9.10. The molecular weight excluding hydrogens is 312 g/mol. The number of halogens is 1. The second-order valence-corrected chi connectivity index (χ2v) is 6.32.